The van der Waals surface area contributed by atoms with Crippen molar-refractivity contribution in [3.63, 3.8) is 0 Å². The largest absolute Gasteiger partial charge is 0.494 e. The van der Waals surface area contributed by atoms with Crippen LogP contribution in [0.15, 0.2) is 48.8 Å². The van der Waals surface area contributed by atoms with E-state index in [0.717, 1.165) is 23.9 Å². The Morgan fingerprint density at radius 2 is 1.92 bits per heavy atom. The highest BCUT2D eigenvalue weighted by molar-refractivity contribution is 5.55. The fourth-order valence-corrected chi connectivity index (χ4v) is 2.13. The zero-order valence-corrected chi connectivity index (χ0v) is 13.0. The van der Waals surface area contributed by atoms with Crippen LogP contribution in [-0.2, 0) is 0 Å². The summed E-state index contributed by atoms with van der Waals surface area (Å²) >= 11 is 0. The van der Waals surface area contributed by atoms with Crippen LogP contribution in [0.3, 0.4) is 0 Å². The lowest BCUT2D eigenvalue weighted by molar-refractivity contribution is 0.317. The highest BCUT2D eigenvalue weighted by Gasteiger charge is 2.07. The lowest BCUT2D eigenvalue weighted by atomic mass is 10.3. The molecule has 24 heavy (non-hydrogen) atoms. The third kappa shape index (κ3) is 3.87. The number of hydrogen-bond acceptors (Lipinski definition) is 4. The number of ether oxygens (including phenoxy) is 1. The summed E-state index contributed by atoms with van der Waals surface area (Å²) in [6, 6.07) is 10.6. The van der Waals surface area contributed by atoms with Crippen LogP contribution in [-0.4, -0.2) is 21.4 Å². The number of rotatable bonds is 6. The molecule has 0 radical (unpaired) electrons. The van der Waals surface area contributed by atoms with Gasteiger partial charge in [-0.2, -0.15) is 4.98 Å². The van der Waals surface area contributed by atoms with E-state index in [9.17, 15) is 8.78 Å². The third-order valence-electron chi connectivity index (χ3n) is 3.17. The van der Waals surface area contributed by atoms with Crippen molar-refractivity contribution in [3.8, 4) is 11.4 Å². The monoisotopic (exact) mass is 330 g/mol. The standard InChI is InChI=1S/C17H16F2N4O/c1-2-6-24-16-5-3-4-14(10-16)21-17-20-11-23(22-17)15-8-12(18)7-13(19)9-15/h3-5,7-11H,2,6H2,1H3,(H,21,22). The third-order valence-corrected chi connectivity index (χ3v) is 3.17. The molecule has 0 spiro atoms. The maximum absolute atomic E-state index is 13.3. The van der Waals surface area contributed by atoms with Gasteiger partial charge in [0, 0.05) is 17.8 Å². The molecule has 0 saturated carbocycles. The quantitative estimate of drug-likeness (QED) is 0.740. The first-order valence-corrected chi connectivity index (χ1v) is 7.52. The molecule has 0 aliphatic rings. The van der Waals surface area contributed by atoms with E-state index in [1.807, 2.05) is 31.2 Å². The molecule has 0 fully saturated rings. The van der Waals surface area contributed by atoms with Gasteiger partial charge in [-0.25, -0.2) is 13.5 Å². The minimum atomic E-state index is -0.671. The molecule has 1 heterocycles. The summed E-state index contributed by atoms with van der Waals surface area (Å²) in [4.78, 5) is 4.09. The molecule has 0 saturated heterocycles. The van der Waals surface area contributed by atoms with Gasteiger partial charge < -0.3 is 10.1 Å². The number of hydrogen-bond donors (Lipinski definition) is 1. The van der Waals surface area contributed by atoms with Gasteiger partial charge >= 0.3 is 0 Å². The second-order valence-electron chi connectivity index (χ2n) is 5.14. The Bertz CT molecular complexity index is 815. The average molecular weight is 330 g/mol. The first-order chi connectivity index (χ1) is 11.6. The number of halogens is 2. The lowest BCUT2D eigenvalue weighted by Gasteiger charge is -2.07. The molecule has 2 aromatic carbocycles. The molecule has 0 bridgehead atoms. The zero-order chi connectivity index (χ0) is 16.9. The Labute approximate surface area is 137 Å². The summed E-state index contributed by atoms with van der Waals surface area (Å²) in [6.07, 6.45) is 2.31. The summed E-state index contributed by atoms with van der Waals surface area (Å²) in [6.45, 7) is 2.68. The summed E-state index contributed by atoms with van der Waals surface area (Å²) < 4.78 is 33.4. The van der Waals surface area contributed by atoms with Gasteiger partial charge in [-0.3, -0.25) is 0 Å². The second kappa shape index (κ2) is 7.08. The fourth-order valence-electron chi connectivity index (χ4n) is 2.13. The molecule has 0 atom stereocenters. The van der Waals surface area contributed by atoms with Crippen LogP contribution in [0.4, 0.5) is 20.4 Å². The summed E-state index contributed by atoms with van der Waals surface area (Å²) in [5, 5.41) is 7.20. The van der Waals surface area contributed by atoms with Gasteiger partial charge in [0.1, 0.15) is 23.7 Å². The predicted molar refractivity (Wildman–Crippen MR) is 86.8 cm³/mol. The van der Waals surface area contributed by atoms with Gasteiger partial charge in [-0.1, -0.05) is 13.0 Å². The van der Waals surface area contributed by atoms with Crippen LogP contribution in [0.5, 0.6) is 5.75 Å². The first kappa shape index (κ1) is 15.9. The molecule has 0 aliphatic carbocycles. The molecular weight excluding hydrogens is 314 g/mol. The van der Waals surface area contributed by atoms with Crippen molar-refractivity contribution in [2.24, 2.45) is 0 Å². The minimum absolute atomic E-state index is 0.257. The average Bonchev–Trinajstić information content (AvgIpc) is 3.01. The van der Waals surface area contributed by atoms with Gasteiger partial charge in [0.05, 0.1) is 12.3 Å². The van der Waals surface area contributed by atoms with Crippen LogP contribution >= 0.6 is 0 Å². The van der Waals surface area contributed by atoms with Gasteiger partial charge in [0.2, 0.25) is 5.95 Å². The van der Waals surface area contributed by atoms with Crippen molar-refractivity contribution in [1.29, 1.82) is 0 Å². The molecule has 1 aromatic heterocycles. The second-order valence-corrected chi connectivity index (χ2v) is 5.14. The Balaban J connectivity index is 1.76. The van der Waals surface area contributed by atoms with Gasteiger partial charge in [-0.05, 0) is 30.7 Å². The zero-order valence-electron chi connectivity index (χ0n) is 13.0. The Morgan fingerprint density at radius 3 is 2.67 bits per heavy atom. The predicted octanol–water partition coefficient (Wildman–Crippen LogP) is 4.08. The number of aromatic nitrogens is 3. The van der Waals surface area contributed by atoms with Gasteiger partial charge in [0.25, 0.3) is 0 Å². The topological polar surface area (TPSA) is 52.0 Å². The number of benzene rings is 2. The Hall–Kier alpha value is -2.96. The molecule has 0 amide bonds. The molecule has 3 rings (SSSR count). The van der Waals surface area contributed by atoms with Crippen molar-refractivity contribution in [3.05, 3.63) is 60.4 Å². The summed E-state index contributed by atoms with van der Waals surface area (Å²) in [7, 11) is 0. The maximum atomic E-state index is 13.3. The van der Waals surface area contributed by atoms with E-state index in [-0.39, 0.29) is 5.69 Å². The Kier molecular flexibility index (Phi) is 4.69. The molecule has 5 nitrogen and oxygen atoms in total. The minimum Gasteiger partial charge on any atom is -0.494 e. The van der Waals surface area contributed by atoms with Crippen molar-refractivity contribution < 1.29 is 13.5 Å². The van der Waals surface area contributed by atoms with E-state index in [1.165, 1.54) is 23.1 Å². The SMILES string of the molecule is CCCOc1cccc(Nc2ncn(-c3cc(F)cc(F)c3)n2)c1. The smallest absolute Gasteiger partial charge is 0.246 e. The van der Waals surface area contributed by atoms with Crippen LogP contribution in [0.1, 0.15) is 13.3 Å². The van der Waals surface area contributed by atoms with Crippen molar-refractivity contribution in [1.82, 2.24) is 14.8 Å². The maximum Gasteiger partial charge on any atom is 0.246 e. The molecule has 1 N–H and O–H groups in total. The van der Waals surface area contributed by atoms with E-state index in [4.69, 9.17) is 4.74 Å². The first-order valence-electron chi connectivity index (χ1n) is 7.52. The Morgan fingerprint density at radius 1 is 1.12 bits per heavy atom. The van der Waals surface area contributed by atoms with Gasteiger partial charge in [0.15, 0.2) is 0 Å². The van der Waals surface area contributed by atoms with Gasteiger partial charge in [-0.15, -0.1) is 5.10 Å². The molecule has 124 valence electrons. The van der Waals surface area contributed by atoms with Crippen LogP contribution in [0.2, 0.25) is 0 Å². The van der Waals surface area contributed by atoms with E-state index in [1.54, 1.807) is 0 Å². The van der Waals surface area contributed by atoms with Crippen molar-refractivity contribution in [2.45, 2.75) is 13.3 Å². The van der Waals surface area contributed by atoms with Crippen molar-refractivity contribution in [2.75, 3.05) is 11.9 Å². The summed E-state index contributed by atoms with van der Waals surface area (Å²) in [5.74, 6) is -0.285. The molecule has 3 aromatic rings. The van der Waals surface area contributed by atoms with E-state index < -0.39 is 11.6 Å². The van der Waals surface area contributed by atoms with Crippen molar-refractivity contribution >= 4 is 11.6 Å². The number of nitrogens with one attached hydrogen (secondary N) is 1. The molecular formula is C17H16F2N4O. The number of anilines is 2. The molecule has 0 unspecified atom stereocenters. The van der Waals surface area contributed by atoms with E-state index in [0.29, 0.717) is 12.6 Å². The van der Waals surface area contributed by atoms with Crippen LogP contribution < -0.4 is 10.1 Å². The number of nitrogens with zero attached hydrogens (tertiary/aromatic N) is 3. The highest BCUT2D eigenvalue weighted by Crippen LogP contribution is 2.20. The highest BCUT2D eigenvalue weighted by atomic mass is 19.1. The van der Waals surface area contributed by atoms with Crippen LogP contribution in [0.25, 0.3) is 5.69 Å². The van der Waals surface area contributed by atoms with E-state index in [2.05, 4.69) is 15.4 Å². The van der Waals surface area contributed by atoms with Crippen LogP contribution in [0, 0.1) is 11.6 Å². The fraction of sp³-hybridized carbons (Fsp3) is 0.176. The summed E-state index contributed by atoms with van der Waals surface area (Å²) in [5.41, 5.74) is 1.01. The molecule has 0 aliphatic heterocycles. The molecule has 7 heteroatoms. The normalized spacial score (nSPS) is 10.6. The lowest BCUT2D eigenvalue weighted by Crippen LogP contribution is -1.99. The van der Waals surface area contributed by atoms with E-state index >= 15 is 0 Å².